The minimum atomic E-state index is -0.994. The van der Waals surface area contributed by atoms with E-state index in [9.17, 15) is 14.4 Å². The van der Waals surface area contributed by atoms with Crippen molar-refractivity contribution in [3.8, 4) is 5.75 Å². The van der Waals surface area contributed by atoms with Gasteiger partial charge >= 0.3 is 0 Å². The molecular weight excluding hydrogens is 380 g/mol. The number of fused-ring (bicyclic) bond motifs is 1. The molecule has 0 fully saturated rings. The van der Waals surface area contributed by atoms with Gasteiger partial charge in [0.05, 0.1) is 18.2 Å². The maximum absolute atomic E-state index is 13.2. The van der Waals surface area contributed by atoms with Gasteiger partial charge in [-0.15, -0.1) is 0 Å². The van der Waals surface area contributed by atoms with Crippen LogP contribution in [0.1, 0.15) is 26.3 Å². The highest BCUT2D eigenvalue weighted by atomic mass is 16.5. The SMILES string of the molecule is COc1cccc(NC(=O)[C@@H](Cc2ccccc2)N2C(=O)c3ccccc3C2=O)c1. The van der Waals surface area contributed by atoms with Gasteiger partial charge in [-0.05, 0) is 29.8 Å². The lowest BCUT2D eigenvalue weighted by Crippen LogP contribution is -2.48. The first-order valence-electron chi connectivity index (χ1n) is 9.54. The van der Waals surface area contributed by atoms with Crippen molar-refractivity contribution in [2.75, 3.05) is 12.4 Å². The number of amides is 3. The molecule has 150 valence electrons. The van der Waals surface area contributed by atoms with Gasteiger partial charge in [-0.2, -0.15) is 0 Å². The average Bonchev–Trinajstić information content (AvgIpc) is 3.03. The molecule has 3 aromatic carbocycles. The Kier molecular flexibility index (Phi) is 5.30. The molecule has 6 heteroatoms. The number of carbonyl (C=O) groups excluding carboxylic acids is 3. The minimum Gasteiger partial charge on any atom is -0.497 e. The van der Waals surface area contributed by atoms with Crippen LogP contribution in [0.5, 0.6) is 5.75 Å². The first-order chi connectivity index (χ1) is 14.6. The van der Waals surface area contributed by atoms with Gasteiger partial charge in [0.15, 0.2) is 0 Å². The minimum absolute atomic E-state index is 0.210. The second-order valence-corrected chi connectivity index (χ2v) is 6.95. The van der Waals surface area contributed by atoms with Gasteiger partial charge in [0.25, 0.3) is 11.8 Å². The fraction of sp³-hybridized carbons (Fsp3) is 0.125. The highest BCUT2D eigenvalue weighted by Gasteiger charge is 2.42. The maximum atomic E-state index is 13.2. The summed E-state index contributed by atoms with van der Waals surface area (Å²) in [6.07, 6.45) is 0.210. The Labute approximate surface area is 174 Å². The summed E-state index contributed by atoms with van der Waals surface area (Å²) in [6.45, 7) is 0. The third-order valence-corrected chi connectivity index (χ3v) is 5.05. The van der Waals surface area contributed by atoms with Crippen molar-refractivity contribution in [2.45, 2.75) is 12.5 Å². The number of carbonyl (C=O) groups is 3. The number of hydrogen-bond acceptors (Lipinski definition) is 4. The van der Waals surface area contributed by atoms with Crippen LogP contribution >= 0.6 is 0 Å². The summed E-state index contributed by atoms with van der Waals surface area (Å²) in [7, 11) is 1.54. The third-order valence-electron chi connectivity index (χ3n) is 5.05. The number of benzene rings is 3. The van der Waals surface area contributed by atoms with E-state index in [1.807, 2.05) is 30.3 Å². The fourth-order valence-electron chi connectivity index (χ4n) is 3.56. The summed E-state index contributed by atoms with van der Waals surface area (Å²) in [5.41, 5.74) is 2.00. The molecule has 0 saturated carbocycles. The van der Waals surface area contributed by atoms with Crippen LogP contribution in [0.25, 0.3) is 0 Å². The van der Waals surface area contributed by atoms with Crippen LogP contribution < -0.4 is 10.1 Å². The van der Waals surface area contributed by atoms with Gasteiger partial charge in [-0.3, -0.25) is 19.3 Å². The number of imide groups is 1. The predicted molar refractivity (Wildman–Crippen MR) is 112 cm³/mol. The van der Waals surface area contributed by atoms with Crippen LogP contribution in [0.3, 0.4) is 0 Å². The monoisotopic (exact) mass is 400 g/mol. The quantitative estimate of drug-likeness (QED) is 0.642. The van der Waals surface area contributed by atoms with Gasteiger partial charge in [-0.1, -0.05) is 48.5 Å². The van der Waals surface area contributed by atoms with Crippen molar-refractivity contribution in [3.63, 3.8) is 0 Å². The topological polar surface area (TPSA) is 75.7 Å². The number of ether oxygens (including phenoxy) is 1. The maximum Gasteiger partial charge on any atom is 0.262 e. The molecule has 1 heterocycles. The second-order valence-electron chi connectivity index (χ2n) is 6.95. The molecule has 1 atom stereocenters. The van der Waals surface area contributed by atoms with E-state index in [0.29, 0.717) is 22.6 Å². The molecule has 0 aromatic heterocycles. The summed E-state index contributed by atoms with van der Waals surface area (Å²) in [5.74, 6) is -0.774. The molecule has 0 radical (unpaired) electrons. The van der Waals surface area contributed by atoms with Crippen LogP contribution in [-0.2, 0) is 11.2 Å². The smallest absolute Gasteiger partial charge is 0.262 e. The summed E-state index contributed by atoms with van der Waals surface area (Å²) in [6, 6.07) is 21.9. The Hall–Kier alpha value is -3.93. The summed E-state index contributed by atoms with van der Waals surface area (Å²) >= 11 is 0. The lowest BCUT2D eigenvalue weighted by atomic mass is 10.0. The van der Waals surface area contributed by atoms with Crippen LogP contribution in [-0.4, -0.2) is 35.8 Å². The second kappa shape index (κ2) is 8.21. The number of nitrogens with zero attached hydrogens (tertiary/aromatic N) is 1. The lowest BCUT2D eigenvalue weighted by Gasteiger charge is -2.25. The lowest BCUT2D eigenvalue weighted by molar-refractivity contribution is -0.119. The van der Waals surface area contributed by atoms with Crippen molar-refractivity contribution in [1.82, 2.24) is 4.90 Å². The molecule has 3 aromatic rings. The fourth-order valence-corrected chi connectivity index (χ4v) is 3.56. The molecule has 0 bridgehead atoms. The first kappa shape index (κ1) is 19.4. The van der Waals surface area contributed by atoms with E-state index < -0.39 is 23.8 Å². The van der Waals surface area contributed by atoms with Crippen molar-refractivity contribution in [1.29, 1.82) is 0 Å². The Morgan fingerprint density at radius 1 is 0.900 bits per heavy atom. The number of rotatable bonds is 6. The van der Waals surface area contributed by atoms with Gasteiger partial charge in [0.1, 0.15) is 11.8 Å². The van der Waals surface area contributed by atoms with Gasteiger partial charge < -0.3 is 10.1 Å². The Morgan fingerprint density at radius 3 is 2.17 bits per heavy atom. The molecule has 30 heavy (non-hydrogen) atoms. The summed E-state index contributed by atoms with van der Waals surface area (Å²) in [4.78, 5) is 40.3. The predicted octanol–water partition coefficient (Wildman–Crippen LogP) is 3.54. The summed E-state index contributed by atoms with van der Waals surface area (Å²) in [5, 5.41) is 2.82. The van der Waals surface area contributed by atoms with E-state index in [4.69, 9.17) is 4.74 Å². The van der Waals surface area contributed by atoms with Crippen molar-refractivity contribution < 1.29 is 19.1 Å². The van der Waals surface area contributed by atoms with Gasteiger partial charge in [0, 0.05) is 18.2 Å². The molecule has 6 nitrogen and oxygen atoms in total. The zero-order valence-electron chi connectivity index (χ0n) is 16.4. The Morgan fingerprint density at radius 2 is 1.53 bits per heavy atom. The van der Waals surface area contributed by atoms with E-state index in [2.05, 4.69) is 5.32 Å². The van der Waals surface area contributed by atoms with Crippen LogP contribution in [0.15, 0.2) is 78.9 Å². The van der Waals surface area contributed by atoms with Crippen molar-refractivity contribution >= 4 is 23.4 Å². The third kappa shape index (κ3) is 3.67. The molecular formula is C24H20N2O4. The molecule has 0 saturated heterocycles. The number of hydrogen-bond donors (Lipinski definition) is 1. The highest BCUT2D eigenvalue weighted by molar-refractivity contribution is 6.23. The standard InChI is InChI=1S/C24H20N2O4/c1-30-18-11-7-10-17(15-18)25-22(27)21(14-16-8-3-2-4-9-16)26-23(28)19-12-5-6-13-20(19)24(26)29/h2-13,15,21H,14H2,1H3,(H,25,27)/t21-/m1/s1. The van der Waals surface area contributed by atoms with Crippen LogP contribution in [0.2, 0.25) is 0 Å². The first-order valence-corrected chi connectivity index (χ1v) is 9.54. The number of methoxy groups -OCH3 is 1. The Balaban J connectivity index is 1.67. The van der Waals surface area contributed by atoms with Crippen molar-refractivity contribution in [3.05, 3.63) is 95.6 Å². The zero-order chi connectivity index (χ0) is 21.1. The van der Waals surface area contributed by atoms with Gasteiger partial charge in [-0.25, -0.2) is 0 Å². The Bertz CT molecular complexity index is 1080. The molecule has 0 unspecified atom stereocenters. The van der Waals surface area contributed by atoms with E-state index in [-0.39, 0.29) is 6.42 Å². The molecule has 1 aliphatic rings. The molecule has 1 aliphatic heterocycles. The average molecular weight is 400 g/mol. The molecule has 4 rings (SSSR count). The largest absolute Gasteiger partial charge is 0.497 e. The van der Waals surface area contributed by atoms with Crippen LogP contribution in [0.4, 0.5) is 5.69 Å². The normalized spacial score (nSPS) is 13.7. The molecule has 0 spiro atoms. The summed E-state index contributed by atoms with van der Waals surface area (Å²) < 4.78 is 5.20. The highest BCUT2D eigenvalue weighted by Crippen LogP contribution is 2.27. The molecule has 0 aliphatic carbocycles. The van der Waals surface area contributed by atoms with E-state index in [0.717, 1.165) is 10.5 Å². The van der Waals surface area contributed by atoms with E-state index in [1.54, 1.807) is 48.5 Å². The van der Waals surface area contributed by atoms with Crippen molar-refractivity contribution in [2.24, 2.45) is 0 Å². The zero-order valence-corrected chi connectivity index (χ0v) is 16.4. The van der Waals surface area contributed by atoms with Gasteiger partial charge in [0.2, 0.25) is 5.91 Å². The van der Waals surface area contributed by atoms with E-state index in [1.165, 1.54) is 7.11 Å². The van der Waals surface area contributed by atoms with Crippen LogP contribution in [0, 0.1) is 0 Å². The number of nitrogens with one attached hydrogen (secondary N) is 1. The molecule has 1 N–H and O–H groups in total. The van der Waals surface area contributed by atoms with E-state index >= 15 is 0 Å². The number of anilines is 1. The molecule has 3 amide bonds.